The molecule has 0 aliphatic carbocycles. The third-order valence-electron chi connectivity index (χ3n) is 4.40. The monoisotopic (exact) mass is 345 g/mol. The summed E-state index contributed by atoms with van der Waals surface area (Å²) >= 11 is 6.09. The molecule has 0 bridgehead atoms. The summed E-state index contributed by atoms with van der Waals surface area (Å²) < 4.78 is 0. The molecule has 3 rings (SSSR count). The van der Waals surface area contributed by atoms with Crippen molar-refractivity contribution < 1.29 is 0 Å². The van der Waals surface area contributed by atoms with Gasteiger partial charge in [0.05, 0.1) is 0 Å². The minimum absolute atomic E-state index is 0.293. The maximum atomic E-state index is 6.09. The van der Waals surface area contributed by atoms with E-state index in [-0.39, 0.29) is 0 Å². The van der Waals surface area contributed by atoms with Crippen LogP contribution in [0, 0.1) is 0 Å². The van der Waals surface area contributed by atoms with E-state index in [9.17, 15) is 0 Å². The summed E-state index contributed by atoms with van der Waals surface area (Å²) in [4.78, 5) is 10.5. The molecular weight excluding hydrogens is 322 g/mol. The summed E-state index contributed by atoms with van der Waals surface area (Å²) in [5.41, 5.74) is 8.23. The Morgan fingerprint density at radius 2 is 1.67 bits per heavy atom. The Bertz CT molecular complexity index is 651. The van der Waals surface area contributed by atoms with Crippen LogP contribution in [0.2, 0.25) is 5.02 Å². The van der Waals surface area contributed by atoms with Gasteiger partial charge in [0.2, 0.25) is 0 Å². The average Bonchev–Trinajstić information content (AvgIpc) is 2.86. The second kappa shape index (κ2) is 8.31. The number of hydrogen-bond acceptors (Lipinski definition) is 5. The topological polar surface area (TPSA) is 67.1 Å². The minimum Gasteiger partial charge on any atom is -0.382 e. The standard InChI is InChI=1S/C18H24ClN5/c19-16-17(20)22-13-23-18(16)21-11-14-5-7-15(8-6-14)12-24-9-3-1-2-4-10-24/h5-8,13H,1-4,9-12H2,(H3,20,21,22,23). The molecule has 5 nitrogen and oxygen atoms in total. The van der Waals surface area contributed by atoms with Crippen molar-refractivity contribution in [2.45, 2.75) is 38.8 Å². The average molecular weight is 346 g/mol. The van der Waals surface area contributed by atoms with Gasteiger partial charge in [-0.05, 0) is 37.1 Å². The van der Waals surface area contributed by atoms with Crippen LogP contribution in [0.5, 0.6) is 0 Å². The van der Waals surface area contributed by atoms with Crippen LogP contribution in [0.1, 0.15) is 36.8 Å². The van der Waals surface area contributed by atoms with Crippen molar-refractivity contribution in [1.29, 1.82) is 0 Å². The molecule has 1 aliphatic rings. The maximum Gasteiger partial charge on any atom is 0.150 e. The number of rotatable bonds is 5. The van der Waals surface area contributed by atoms with E-state index in [0.29, 0.717) is 23.2 Å². The van der Waals surface area contributed by atoms with Crippen molar-refractivity contribution in [3.8, 4) is 0 Å². The molecule has 2 heterocycles. The van der Waals surface area contributed by atoms with Gasteiger partial charge >= 0.3 is 0 Å². The summed E-state index contributed by atoms with van der Waals surface area (Å²) in [6.07, 6.45) is 6.80. The Kier molecular flexibility index (Phi) is 5.88. The number of nitrogens with zero attached hydrogens (tertiary/aromatic N) is 3. The van der Waals surface area contributed by atoms with Gasteiger partial charge in [0.15, 0.2) is 5.82 Å². The van der Waals surface area contributed by atoms with Crippen LogP contribution in [0.15, 0.2) is 30.6 Å². The van der Waals surface area contributed by atoms with E-state index in [1.54, 1.807) is 0 Å². The Morgan fingerprint density at radius 1 is 1.00 bits per heavy atom. The van der Waals surface area contributed by atoms with Crippen LogP contribution in [-0.2, 0) is 13.1 Å². The molecule has 1 fully saturated rings. The Labute approximate surface area is 148 Å². The quantitative estimate of drug-likeness (QED) is 0.864. The van der Waals surface area contributed by atoms with Crippen LogP contribution in [0.3, 0.4) is 0 Å². The molecule has 0 unspecified atom stereocenters. The molecule has 128 valence electrons. The molecule has 1 aromatic carbocycles. The highest BCUT2D eigenvalue weighted by Gasteiger charge is 2.09. The Balaban J connectivity index is 1.55. The number of anilines is 2. The number of nitrogens with one attached hydrogen (secondary N) is 1. The van der Waals surface area contributed by atoms with Gasteiger partial charge in [-0.25, -0.2) is 9.97 Å². The molecule has 1 aromatic heterocycles. The number of aromatic nitrogens is 2. The molecule has 1 saturated heterocycles. The molecule has 0 saturated carbocycles. The zero-order valence-electron chi connectivity index (χ0n) is 13.8. The zero-order chi connectivity index (χ0) is 16.8. The fraction of sp³-hybridized carbons (Fsp3) is 0.444. The molecule has 6 heteroatoms. The lowest BCUT2D eigenvalue weighted by Crippen LogP contribution is -2.23. The van der Waals surface area contributed by atoms with E-state index in [1.165, 1.54) is 56.2 Å². The molecule has 0 spiro atoms. The highest BCUT2D eigenvalue weighted by Crippen LogP contribution is 2.23. The smallest absolute Gasteiger partial charge is 0.150 e. The third kappa shape index (κ3) is 4.58. The van der Waals surface area contributed by atoms with Crippen LogP contribution >= 0.6 is 11.6 Å². The lowest BCUT2D eigenvalue weighted by molar-refractivity contribution is 0.277. The molecule has 2 aromatic rings. The van der Waals surface area contributed by atoms with E-state index < -0.39 is 0 Å². The van der Waals surface area contributed by atoms with E-state index in [2.05, 4.69) is 44.5 Å². The largest absolute Gasteiger partial charge is 0.382 e. The number of benzene rings is 1. The van der Waals surface area contributed by atoms with E-state index in [0.717, 1.165) is 6.54 Å². The zero-order valence-corrected chi connectivity index (χ0v) is 14.6. The van der Waals surface area contributed by atoms with Crippen molar-refractivity contribution in [2.75, 3.05) is 24.1 Å². The second-order valence-corrected chi connectivity index (χ2v) is 6.66. The summed E-state index contributed by atoms with van der Waals surface area (Å²) in [5.74, 6) is 0.861. The van der Waals surface area contributed by atoms with Crippen LogP contribution in [-0.4, -0.2) is 28.0 Å². The van der Waals surface area contributed by atoms with Crippen molar-refractivity contribution in [3.05, 3.63) is 46.7 Å². The SMILES string of the molecule is Nc1ncnc(NCc2ccc(CN3CCCCCC3)cc2)c1Cl. The molecule has 1 aliphatic heterocycles. The van der Waals surface area contributed by atoms with Crippen LogP contribution < -0.4 is 11.1 Å². The van der Waals surface area contributed by atoms with Gasteiger partial charge < -0.3 is 11.1 Å². The second-order valence-electron chi connectivity index (χ2n) is 6.28. The molecule has 24 heavy (non-hydrogen) atoms. The lowest BCUT2D eigenvalue weighted by Gasteiger charge is -2.19. The summed E-state index contributed by atoms with van der Waals surface area (Å²) in [6.45, 7) is 4.13. The first-order valence-corrected chi connectivity index (χ1v) is 8.90. The highest BCUT2D eigenvalue weighted by molar-refractivity contribution is 6.35. The number of halogens is 1. The van der Waals surface area contributed by atoms with E-state index in [1.807, 2.05) is 0 Å². The maximum absolute atomic E-state index is 6.09. The first kappa shape index (κ1) is 17.0. The summed E-state index contributed by atoms with van der Waals surface area (Å²) in [7, 11) is 0. The molecule has 0 radical (unpaired) electrons. The Hall–Kier alpha value is -1.85. The first-order chi connectivity index (χ1) is 11.7. The van der Waals surface area contributed by atoms with Gasteiger partial charge in [0.25, 0.3) is 0 Å². The van der Waals surface area contributed by atoms with Gasteiger partial charge in [-0.1, -0.05) is 48.7 Å². The first-order valence-electron chi connectivity index (χ1n) is 8.52. The lowest BCUT2D eigenvalue weighted by atomic mass is 10.1. The van der Waals surface area contributed by atoms with Crippen molar-refractivity contribution >= 4 is 23.2 Å². The third-order valence-corrected chi connectivity index (χ3v) is 4.78. The predicted octanol–water partition coefficient (Wildman–Crippen LogP) is 3.70. The van der Waals surface area contributed by atoms with Crippen LogP contribution in [0.25, 0.3) is 0 Å². The number of nitrogen functional groups attached to an aromatic ring is 1. The number of nitrogens with two attached hydrogens (primary N) is 1. The van der Waals surface area contributed by atoms with Crippen molar-refractivity contribution in [2.24, 2.45) is 0 Å². The van der Waals surface area contributed by atoms with Crippen LogP contribution in [0.4, 0.5) is 11.6 Å². The Morgan fingerprint density at radius 3 is 2.38 bits per heavy atom. The minimum atomic E-state index is 0.293. The van der Waals surface area contributed by atoms with E-state index in [4.69, 9.17) is 17.3 Å². The predicted molar refractivity (Wildman–Crippen MR) is 99.0 cm³/mol. The molecule has 0 atom stereocenters. The summed E-state index contributed by atoms with van der Waals surface area (Å²) in [6, 6.07) is 8.72. The normalized spacial score (nSPS) is 15.9. The fourth-order valence-electron chi connectivity index (χ4n) is 3.01. The van der Waals surface area contributed by atoms with E-state index >= 15 is 0 Å². The summed E-state index contributed by atoms with van der Waals surface area (Å²) in [5, 5.41) is 3.58. The van der Waals surface area contributed by atoms with Gasteiger partial charge in [-0.3, -0.25) is 4.90 Å². The van der Waals surface area contributed by atoms with Crippen molar-refractivity contribution in [1.82, 2.24) is 14.9 Å². The molecular formula is C18H24ClN5. The number of hydrogen-bond donors (Lipinski definition) is 2. The van der Waals surface area contributed by atoms with Crippen molar-refractivity contribution in [3.63, 3.8) is 0 Å². The fourth-order valence-corrected chi connectivity index (χ4v) is 3.17. The molecule has 3 N–H and O–H groups in total. The van der Waals surface area contributed by atoms with Gasteiger partial charge in [-0.15, -0.1) is 0 Å². The highest BCUT2D eigenvalue weighted by atomic mass is 35.5. The number of likely N-dealkylation sites (tertiary alicyclic amines) is 1. The molecule has 0 amide bonds. The van der Waals surface area contributed by atoms with Gasteiger partial charge in [0, 0.05) is 13.1 Å². The van der Waals surface area contributed by atoms with Gasteiger partial charge in [0.1, 0.15) is 17.2 Å². The van der Waals surface area contributed by atoms with Gasteiger partial charge in [-0.2, -0.15) is 0 Å².